The molecule has 0 radical (unpaired) electrons. The highest BCUT2D eigenvalue weighted by atomic mass is 32.2. The lowest BCUT2D eigenvalue weighted by Gasteiger charge is -2.03. The lowest BCUT2D eigenvalue weighted by atomic mass is 10.4. The molecule has 7 nitrogen and oxygen atoms in total. The van der Waals surface area contributed by atoms with Gasteiger partial charge in [-0.1, -0.05) is 0 Å². The number of H-pyrrole nitrogens is 1. The molecule has 2 rings (SSSR count). The van der Waals surface area contributed by atoms with Crippen molar-refractivity contribution in [2.75, 3.05) is 0 Å². The minimum Gasteiger partial charge on any atom is -0.349 e. The Labute approximate surface area is 111 Å². The number of nitrogens with zero attached hydrogens (tertiary/aromatic N) is 2. The summed E-state index contributed by atoms with van der Waals surface area (Å²) in [5.41, 5.74) is 7.09. The van der Waals surface area contributed by atoms with Crippen molar-refractivity contribution >= 4 is 10.0 Å². The molecule has 2 aromatic heterocycles. The maximum atomic E-state index is 12.1. The average Bonchev–Trinajstić information content (AvgIpc) is 3.05. The first kappa shape index (κ1) is 13.8. The van der Waals surface area contributed by atoms with Crippen LogP contribution in [0, 0.1) is 0 Å². The number of aryl methyl sites for hydroxylation is 1. The first-order valence-corrected chi connectivity index (χ1v) is 7.41. The van der Waals surface area contributed by atoms with Gasteiger partial charge in [-0.15, -0.1) is 0 Å². The third-order valence-electron chi connectivity index (χ3n) is 2.83. The molecule has 0 saturated heterocycles. The van der Waals surface area contributed by atoms with Crippen LogP contribution in [0.5, 0.6) is 0 Å². The van der Waals surface area contributed by atoms with Crippen LogP contribution in [0.15, 0.2) is 29.7 Å². The molecule has 104 valence electrons. The summed E-state index contributed by atoms with van der Waals surface area (Å²) < 4.78 is 28.6. The molecule has 0 spiro atoms. The van der Waals surface area contributed by atoms with Gasteiger partial charge in [0.25, 0.3) is 0 Å². The second-order valence-electron chi connectivity index (χ2n) is 4.06. The first-order chi connectivity index (χ1) is 9.06. The van der Waals surface area contributed by atoms with Gasteiger partial charge in [-0.05, 0) is 13.0 Å². The highest BCUT2D eigenvalue weighted by molar-refractivity contribution is 7.89. The van der Waals surface area contributed by atoms with Crippen LogP contribution in [0.2, 0.25) is 0 Å². The maximum Gasteiger partial charge on any atom is 0.242 e. The van der Waals surface area contributed by atoms with Gasteiger partial charge in [-0.25, -0.2) is 18.1 Å². The molecule has 0 fully saturated rings. The van der Waals surface area contributed by atoms with Crippen molar-refractivity contribution in [3.63, 3.8) is 0 Å². The largest absolute Gasteiger partial charge is 0.349 e. The zero-order valence-electron chi connectivity index (χ0n) is 10.6. The fourth-order valence-corrected chi connectivity index (χ4v) is 2.85. The fourth-order valence-electron chi connectivity index (χ4n) is 1.78. The van der Waals surface area contributed by atoms with Crippen molar-refractivity contribution in [2.45, 2.75) is 31.5 Å². The molecule has 0 bridgehead atoms. The van der Waals surface area contributed by atoms with E-state index in [0.29, 0.717) is 18.8 Å². The molecular weight excluding hydrogens is 266 g/mol. The van der Waals surface area contributed by atoms with Gasteiger partial charge in [-0.2, -0.15) is 0 Å². The molecule has 0 amide bonds. The summed E-state index contributed by atoms with van der Waals surface area (Å²) in [4.78, 5) is 6.90. The number of hydrogen-bond acceptors (Lipinski definition) is 4. The molecule has 0 aromatic carbocycles. The van der Waals surface area contributed by atoms with Crippen LogP contribution < -0.4 is 10.5 Å². The predicted octanol–water partition coefficient (Wildman–Crippen LogP) is 0.168. The van der Waals surface area contributed by atoms with Crippen LogP contribution in [0.4, 0.5) is 0 Å². The molecular formula is C11H17N5O2S. The zero-order chi connectivity index (χ0) is 13.9. The van der Waals surface area contributed by atoms with E-state index in [1.165, 1.54) is 6.33 Å². The number of aromatic nitrogens is 3. The molecule has 8 heteroatoms. The Kier molecular flexibility index (Phi) is 4.03. The normalized spacial score (nSPS) is 11.9. The SMILES string of the molecule is CCn1cc(S(=O)(=O)NCc2cnc[nH]2)cc1CN. The Morgan fingerprint density at radius 3 is 2.84 bits per heavy atom. The number of nitrogens with one attached hydrogen (secondary N) is 2. The highest BCUT2D eigenvalue weighted by Gasteiger charge is 2.17. The molecule has 0 aliphatic rings. The van der Waals surface area contributed by atoms with E-state index >= 15 is 0 Å². The lowest BCUT2D eigenvalue weighted by Crippen LogP contribution is -2.23. The summed E-state index contributed by atoms with van der Waals surface area (Å²) in [6, 6.07) is 1.60. The third-order valence-corrected chi connectivity index (χ3v) is 4.20. The second kappa shape index (κ2) is 5.55. The fraction of sp³-hybridized carbons (Fsp3) is 0.364. The van der Waals surface area contributed by atoms with Crippen molar-refractivity contribution in [3.05, 3.63) is 36.2 Å². The second-order valence-corrected chi connectivity index (χ2v) is 5.83. The van der Waals surface area contributed by atoms with Crippen molar-refractivity contribution < 1.29 is 8.42 Å². The Morgan fingerprint density at radius 2 is 2.32 bits per heavy atom. The number of nitrogens with two attached hydrogens (primary N) is 1. The third kappa shape index (κ3) is 3.03. The topological polar surface area (TPSA) is 106 Å². The predicted molar refractivity (Wildman–Crippen MR) is 70.6 cm³/mol. The minimum atomic E-state index is -3.53. The number of aromatic amines is 1. The van der Waals surface area contributed by atoms with E-state index in [2.05, 4.69) is 14.7 Å². The van der Waals surface area contributed by atoms with Crippen LogP contribution >= 0.6 is 0 Å². The number of hydrogen-bond donors (Lipinski definition) is 3. The molecule has 19 heavy (non-hydrogen) atoms. The monoisotopic (exact) mass is 283 g/mol. The van der Waals surface area contributed by atoms with Gasteiger partial charge in [0.2, 0.25) is 10.0 Å². The van der Waals surface area contributed by atoms with Gasteiger partial charge >= 0.3 is 0 Å². The summed E-state index contributed by atoms with van der Waals surface area (Å²) in [5.74, 6) is 0. The summed E-state index contributed by atoms with van der Waals surface area (Å²) in [7, 11) is -3.53. The van der Waals surface area contributed by atoms with Gasteiger partial charge in [0.05, 0.1) is 17.8 Å². The Morgan fingerprint density at radius 1 is 1.53 bits per heavy atom. The van der Waals surface area contributed by atoms with Gasteiger partial charge in [0.1, 0.15) is 0 Å². The average molecular weight is 283 g/mol. The van der Waals surface area contributed by atoms with E-state index in [1.807, 2.05) is 11.5 Å². The van der Waals surface area contributed by atoms with Crippen molar-refractivity contribution in [3.8, 4) is 0 Å². The number of imidazole rings is 1. The molecule has 4 N–H and O–H groups in total. The molecule has 2 heterocycles. The Bertz CT molecular complexity index is 609. The van der Waals surface area contributed by atoms with E-state index in [9.17, 15) is 8.42 Å². The van der Waals surface area contributed by atoms with Crippen LogP contribution in [-0.2, 0) is 29.7 Å². The van der Waals surface area contributed by atoms with E-state index in [4.69, 9.17) is 5.73 Å². The Hall–Kier alpha value is -1.64. The minimum absolute atomic E-state index is 0.178. The quantitative estimate of drug-likeness (QED) is 0.702. The Balaban J connectivity index is 2.17. The standard InChI is InChI=1S/C11H17N5O2S/c1-2-16-7-11(3-10(16)4-12)19(17,18)15-6-9-5-13-8-14-9/h3,5,7-8,15H,2,4,6,12H2,1H3,(H,13,14). The summed E-state index contributed by atoms with van der Waals surface area (Å²) >= 11 is 0. The summed E-state index contributed by atoms with van der Waals surface area (Å²) in [5, 5.41) is 0. The van der Waals surface area contributed by atoms with E-state index in [-0.39, 0.29) is 11.4 Å². The van der Waals surface area contributed by atoms with Gasteiger partial charge in [-0.3, -0.25) is 0 Å². The molecule has 0 atom stereocenters. The number of rotatable bonds is 6. The summed E-state index contributed by atoms with van der Waals surface area (Å²) in [6.45, 7) is 3.11. The van der Waals surface area contributed by atoms with Crippen molar-refractivity contribution in [2.24, 2.45) is 5.73 Å². The summed E-state index contributed by atoms with van der Waals surface area (Å²) in [6.07, 6.45) is 4.67. The molecule has 0 aliphatic heterocycles. The van der Waals surface area contributed by atoms with E-state index in [0.717, 1.165) is 5.69 Å². The number of sulfonamides is 1. The zero-order valence-corrected chi connectivity index (χ0v) is 11.4. The highest BCUT2D eigenvalue weighted by Crippen LogP contribution is 2.14. The van der Waals surface area contributed by atoms with Crippen LogP contribution in [-0.4, -0.2) is 23.0 Å². The van der Waals surface area contributed by atoms with Crippen molar-refractivity contribution in [1.29, 1.82) is 0 Å². The maximum absolute atomic E-state index is 12.1. The molecule has 2 aromatic rings. The van der Waals surface area contributed by atoms with Gasteiger partial charge < -0.3 is 15.3 Å². The van der Waals surface area contributed by atoms with Gasteiger partial charge in [0.15, 0.2) is 0 Å². The smallest absolute Gasteiger partial charge is 0.242 e. The van der Waals surface area contributed by atoms with Crippen LogP contribution in [0.3, 0.4) is 0 Å². The lowest BCUT2D eigenvalue weighted by molar-refractivity contribution is 0.580. The van der Waals surface area contributed by atoms with Gasteiger partial charge in [0, 0.05) is 36.9 Å². The first-order valence-electron chi connectivity index (χ1n) is 5.93. The van der Waals surface area contributed by atoms with Crippen molar-refractivity contribution in [1.82, 2.24) is 19.3 Å². The molecule has 0 unspecified atom stereocenters. The van der Waals surface area contributed by atoms with E-state index < -0.39 is 10.0 Å². The molecule has 0 saturated carbocycles. The van der Waals surface area contributed by atoms with Crippen LogP contribution in [0.1, 0.15) is 18.3 Å². The molecule has 0 aliphatic carbocycles. The van der Waals surface area contributed by atoms with Crippen LogP contribution in [0.25, 0.3) is 0 Å². The van der Waals surface area contributed by atoms with E-state index in [1.54, 1.807) is 18.5 Å².